The molecule has 0 radical (unpaired) electrons. The molecule has 1 saturated heterocycles. The smallest absolute Gasteiger partial charge is 0.223 e. The molecule has 2 fully saturated rings. The number of likely N-dealkylation sites (tertiary alicyclic amines) is 1. The maximum absolute atomic E-state index is 12.2. The Balaban J connectivity index is 1.33. The molecular weight excluding hydrogens is 282 g/mol. The van der Waals surface area contributed by atoms with Gasteiger partial charge in [-0.15, -0.1) is 11.8 Å². The van der Waals surface area contributed by atoms with Crippen LogP contribution in [0, 0.1) is 5.92 Å². The summed E-state index contributed by atoms with van der Waals surface area (Å²) in [6.45, 7) is 2.56. The summed E-state index contributed by atoms with van der Waals surface area (Å²) in [5.41, 5.74) is 0. The molecule has 1 amide bonds. The average Bonchev–Trinajstić information content (AvgIpc) is 3.22. The van der Waals surface area contributed by atoms with Gasteiger partial charge in [0, 0.05) is 36.8 Å². The number of nitrogens with zero attached hydrogens (tertiary/aromatic N) is 1. The molecule has 1 aliphatic heterocycles. The highest BCUT2D eigenvalue weighted by Gasteiger charge is 2.29. The van der Waals surface area contributed by atoms with Crippen LogP contribution in [0.5, 0.6) is 0 Å². The summed E-state index contributed by atoms with van der Waals surface area (Å²) in [6.07, 6.45) is 4.55. The standard InChI is InChI=1S/C17H23NO2S/c19-17(9-11-21-16-4-2-1-3-5-16)18-10-8-15(12-18)20-13-14-6-7-14/h1-5,14-15H,6-13H2. The molecule has 0 spiro atoms. The van der Waals surface area contributed by atoms with E-state index in [1.165, 1.54) is 17.7 Å². The van der Waals surface area contributed by atoms with Gasteiger partial charge in [-0.25, -0.2) is 0 Å². The number of hydrogen-bond acceptors (Lipinski definition) is 3. The summed E-state index contributed by atoms with van der Waals surface area (Å²) < 4.78 is 5.88. The van der Waals surface area contributed by atoms with Crippen LogP contribution in [0.3, 0.4) is 0 Å². The third kappa shape index (κ3) is 4.75. The van der Waals surface area contributed by atoms with Gasteiger partial charge in [-0.2, -0.15) is 0 Å². The van der Waals surface area contributed by atoms with E-state index < -0.39 is 0 Å². The molecule has 0 N–H and O–H groups in total. The molecule has 3 rings (SSSR count). The van der Waals surface area contributed by atoms with Crippen LogP contribution in [-0.2, 0) is 9.53 Å². The second-order valence-electron chi connectivity index (χ2n) is 5.94. The topological polar surface area (TPSA) is 29.5 Å². The summed E-state index contributed by atoms with van der Waals surface area (Å²) in [5, 5.41) is 0. The van der Waals surface area contributed by atoms with Gasteiger partial charge in [-0.3, -0.25) is 4.79 Å². The molecule has 4 heteroatoms. The van der Waals surface area contributed by atoms with Gasteiger partial charge in [-0.05, 0) is 37.3 Å². The Morgan fingerprint density at radius 2 is 2.05 bits per heavy atom. The number of ether oxygens (including phenoxy) is 1. The molecule has 0 bridgehead atoms. The molecular formula is C17H23NO2S. The molecule has 1 unspecified atom stereocenters. The van der Waals surface area contributed by atoms with E-state index in [1.807, 2.05) is 23.1 Å². The van der Waals surface area contributed by atoms with Crippen molar-refractivity contribution < 1.29 is 9.53 Å². The third-order valence-corrected chi connectivity index (χ3v) is 5.10. The van der Waals surface area contributed by atoms with E-state index in [4.69, 9.17) is 4.74 Å². The Kier molecular flexibility index (Phi) is 5.20. The molecule has 1 aliphatic carbocycles. The van der Waals surface area contributed by atoms with E-state index in [0.717, 1.165) is 37.8 Å². The van der Waals surface area contributed by atoms with E-state index >= 15 is 0 Å². The van der Waals surface area contributed by atoms with E-state index in [9.17, 15) is 4.79 Å². The molecule has 0 aromatic heterocycles. The van der Waals surface area contributed by atoms with E-state index in [-0.39, 0.29) is 12.0 Å². The average molecular weight is 305 g/mol. The first-order chi connectivity index (χ1) is 10.3. The molecule has 114 valence electrons. The first kappa shape index (κ1) is 14.9. The van der Waals surface area contributed by atoms with Crippen molar-refractivity contribution in [3.8, 4) is 0 Å². The fraction of sp³-hybridized carbons (Fsp3) is 0.588. The van der Waals surface area contributed by atoms with Crippen molar-refractivity contribution in [1.82, 2.24) is 4.90 Å². The molecule has 1 aromatic carbocycles. The Labute approximate surface area is 131 Å². The number of amides is 1. The predicted octanol–water partition coefficient (Wildman–Crippen LogP) is 3.20. The van der Waals surface area contributed by atoms with E-state index in [0.29, 0.717) is 6.42 Å². The largest absolute Gasteiger partial charge is 0.376 e. The van der Waals surface area contributed by atoms with Gasteiger partial charge in [0.1, 0.15) is 0 Å². The lowest BCUT2D eigenvalue weighted by atomic mass is 10.3. The third-order valence-electron chi connectivity index (χ3n) is 4.09. The van der Waals surface area contributed by atoms with E-state index in [2.05, 4.69) is 12.1 Å². The van der Waals surface area contributed by atoms with Gasteiger partial charge in [-0.1, -0.05) is 18.2 Å². The highest BCUT2D eigenvalue weighted by Crippen LogP contribution is 2.30. The van der Waals surface area contributed by atoms with Crippen molar-refractivity contribution in [2.24, 2.45) is 5.92 Å². The highest BCUT2D eigenvalue weighted by molar-refractivity contribution is 7.99. The number of rotatable bonds is 7. The number of carbonyl (C=O) groups excluding carboxylic acids is 1. The van der Waals surface area contributed by atoms with Crippen LogP contribution in [0.15, 0.2) is 35.2 Å². The zero-order valence-electron chi connectivity index (χ0n) is 12.4. The normalized spacial score (nSPS) is 21.7. The number of benzene rings is 1. The number of hydrogen-bond donors (Lipinski definition) is 0. The lowest BCUT2D eigenvalue weighted by molar-refractivity contribution is -0.130. The minimum Gasteiger partial charge on any atom is -0.376 e. The Morgan fingerprint density at radius 3 is 2.81 bits per heavy atom. The van der Waals surface area contributed by atoms with Crippen LogP contribution < -0.4 is 0 Å². The minimum absolute atomic E-state index is 0.274. The zero-order chi connectivity index (χ0) is 14.5. The number of carbonyl (C=O) groups is 1. The monoisotopic (exact) mass is 305 g/mol. The maximum Gasteiger partial charge on any atom is 0.223 e. The van der Waals surface area contributed by atoms with Gasteiger partial charge in [0.2, 0.25) is 5.91 Å². The summed E-state index contributed by atoms with van der Waals surface area (Å²) >= 11 is 1.75. The van der Waals surface area contributed by atoms with Crippen LogP contribution in [0.25, 0.3) is 0 Å². The minimum atomic E-state index is 0.274. The van der Waals surface area contributed by atoms with E-state index in [1.54, 1.807) is 11.8 Å². The Hall–Kier alpha value is -1.00. The lowest BCUT2D eigenvalue weighted by Gasteiger charge is -2.16. The molecule has 1 aromatic rings. The first-order valence-corrected chi connectivity index (χ1v) is 8.87. The second kappa shape index (κ2) is 7.32. The molecule has 1 heterocycles. The maximum atomic E-state index is 12.2. The van der Waals surface area contributed by atoms with Gasteiger partial charge in [0.25, 0.3) is 0 Å². The fourth-order valence-corrected chi connectivity index (χ4v) is 3.44. The van der Waals surface area contributed by atoms with Crippen molar-refractivity contribution in [2.75, 3.05) is 25.4 Å². The lowest BCUT2D eigenvalue weighted by Crippen LogP contribution is -2.30. The van der Waals surface area contributed by atoms with Gasteiger partial charge < -0.3 is 9.64 Å². The molecule has 1 saturated carbocycles. The quantitative estimate of drug-likeness (QED) is 0.725. The van der Waals surface area contributed by atoms with Crippen molar-refractivity contribution in [1.29, 1.82) is 0 Å². The van der Waals surface area contributed by atoms with Crippen molar-refractivity contribution in [2.45, 2.75) is 36.7 Å². The van der Waals surface area contributed by atoms with Gasteiger partial charge >= 0.3 is 0 Å². The zero-order valence-corrected chi connectivity index (χ0v) is 13.2. The van der Waals surface area contributed by atoms with Crippen molar-refractivity contribution >= 4 is 17.7 Å². The van der Waals surface area contributed by atoms with Crippen molar-refractivity contribution in [3.63, 3.8) is 0 Å². The Morgan fingerprint density at radius 1 is 1.24 bits per heavy atom. The number of thioether (sulfide) groups is 1. The van der Waals surface area contributed by atoms with Crippen molar-refractivity contribution in [3.05, 3.63) is 30.3 Å². The van der Waals surface area contributed by atoms with Crippen LogP contribution in [0.4, 0.5) is 0 Å². The van der Waals surface area contributed by atoms with Crippen LogP contribution >= 0.6 is 11.8 Å². The van der Waals surface area contributed by atoms with Crippen LogP contribution in [-0.4, -0.2) is 42.4 Å². The summed E-state index contributed by atoms with van der Waals surface area (Å²) in [4.78, 5) is 15.4. The fourth-order valence-electron chi connectivity index (χ4n) is 2.58. The summed E-state index contributed by atoms with van der Waals surface area (Å²) in [6, 6.07) is 10.3. The summed E-state index contributed by atoms with van der Waals surface area (Å²) in [7, 11) is 0. The van der Waals surface area contributed by atoms with Crippen LogP contribution in [0.2, 0.25) is 0 Å². The molecule has 3 nitrogen and oxygen atoms in total. The highest BCUT2D eigenvalue weighted by atomic mass is 32.2. The molecule has 2 aliphatic rings. The first-order valence-electron chi connectivity index (χ1n) is 7.88. The van der Waals surface area contributed by atoms with Crippen LogP contribution in [0.1, 0.15) is 25.7 Å². The SMILES string of the molecule is O=C(CCSc1ccccc1)N1CCC(OCC2CC2)C1. The van der Waals surface area contributed by atoms with Gasteiger partial charge in [0.15, 0.2) is 0 Å². The molecule has 1 atom stereocenters. The summed E-state index contributed by atoms with van der Waals surface area (Å²) in [5.74, 6) is 1.93. The predicted molar refractivity (Wildman–Crippen MR) is 85.4 cm³/mol. The van der Waals surface area contributed by atoms with Gasteiger partial charge in [0.05, 0.1) is 6.10 Å². The second-order valence-corrected chi connectivity index (χ2v) is 7.11. The molecule has 21 heavy (non-hydrogen) atoms. The Bertz CT molecular complexity index is 461.